The lowest BCUT2D eigenvalue weighted by molar-refractivity contribution is -0.137. The van der Waals surface area contributed by atoms with Crippen LogP contribution in [0.25, 0.3) is 5.70 Å². The average molecular weight is 485 g/mol. The van der Waals surface area contributed by atoms with Gasteiger partial charge in [-0.2, -0.15) is 13.2 Å². The smallest absolute Gasteiger partial charge is 0.395 e. The largest absolute Gasteiger partial charge is 0.416 e. The number of benzene rings is 1. The van der Waals surface area contributed by atoms with E-state index < -0.39 is 11.7 Å². The molecule has 1 saturated heterocycles. The summed E-state index contributed by atoms with van der Waals surface area (Å²) in [6.45, 7) is 3.08. The second-order valence-electron chi connectivity index (χ2n) is 8.54. The van der Waals surface area contributed by atoms with E-state index in [9.17, 15) is 13.2 Å². The van der Waals surface area contributed by atoms with Crippen molar-refractivity contribution >= 4 is 29.4 Å². The summed E-state index contributed by atoms with van der Waals surface area (Å²) in [6.07, 6.45) is -1.07. The molecule has 2 fully saturated rings. The molecule has 6 nitrogen and oxygen atoms in total. The third-order valence-electron chi connectivity index (χ3n) is 6.43. The van der Waals surface area contributed by atoms with Gasteiger partial charge in [-0.05, 0) is 61.4 Å². The average Bonchev–Trinajstić information content (AvgIpc) is 3.09. The second-order valence-corrected chi connectivity index (χ2v) is 10.1. The first-order chi connectivity index (χ1) is 15.2. The van der Waals surface area contributed by atoms with E-state index in [1.165, 1.54) is 12.1 Å². The highest BCUT2D eigenvalue weighted by molar-refractivity contribution is 8.00. The summed E-state index contributed by atoms with van der Waals surface area (Å²) in [5.41, 5.74) is 7.14. The van der Waals surface area contributed by atoms with E-state index in [-0.39, 0.29) is 5.41 Å². The normalized spacial score (nSPS) is 23.9. The van der Waals surface area contributed by atoms with Gasteiger partial charge in [0.25, 0.3) is 0 Å². The lowest BCUT2D eigenvalue weighted by Crippen LogP contribution is -2.23. The number of hydrogen-bond acceptors (Lipinski definition) is 7. The van der Waals surface area contributed by atoms with Gasteiger partial charge in [0.2, 0.25) is 0 Å². The molecule has 2 unspecified atom stereocenters. The first kappa shape index (κ1) is 23.5. The highest BCUT2D eigenvalue weighted by atomic mass is 32.2. The highest BCUT2D eigenvalue weighted by Crippen LogP contribution is 2.64. The van der Waals surface area contributed by atoms with Crippen LogP contribution in [0.5, 0.6) is 0 Å². The molecule has 2 aliphatic rings. The Bertz CT molecular complexity index is 975. The van der Waals surface area contributed by atoms with E-state index in [2.05, 4.69) is 15.1 Å². The van der Waals surface area contributed by atoms with E-state index in [0.29, 0.717) is 17.4 Å². The molecule has 1 aliphatic carbocycles. The molecular formula is C21H27F3N6S2. The zero-order valence-corrected chi connectivity index (χ0v) is 19.4. The van der Waals surface area contributed by atoms with Crippen molar-refractivity contribution in [2.24, 2.45) is 23.3 Å². The molecule has 2 aromatic rings. The van der Waals surface area contributed by atoms with Crippen LogP contribution in [0.1, 0.15) is 42.1 Å². The summed E-state index contributed by atoms with van der Waals surface area (Å²) >= 11 is 2.69. The number of halogens is 3. The fourth-order valence-corrected chi connectivity index (χ4v) is 5.71. The maximum Gasteiger partial charge on any atom is 0.416 e. The van der Waals surface area contributed by atoms with Gasteiger partial charge < -0.3 is 15.2 Å². The fraction of sp³-hybridized carbons (Fsp3) is 0.524. The summed E-state index contributed by atoms with van der Waals surface area (Å²) < 4.78 is 40.3. The second kappa shape index (κ2) is 9.28. The Balaban J connectivity index is 1.23. The van der Waals surface area contributed by atoms with Gasteiger partial charge in [-0.3, -0.25) is 5.14 Å². The molecule has 1 spiro atoms. The van der Waals surface area contributed by atoms with Gasteiger partial charge in [-0.25, -0.2) is 0 Å². The summed E-state index contributed by atoms with van der Waals surface area (Å²) in [5, 5.41) is 16.2. The zero-order valence-electron chi connectivity index (χ0n) is 17.8. The van der Waals surface area contributed by atoms with Crippen LogP contribution in [0.2, 0.25) is 0 Å². The molecule has 11 heteroatoms. The molecule has 0 amide bonds. The molecule has 1 aliphatic heterocycles. The quantitative estimate of drug-likeness (QED) is 0.332. The van der Waals surface area contributed by atoms with Gasteiger partial charge >= 0.3 is 6.18 Å². The van der Waals surface area contributed by atoms with Gasteiger partial charge in [0.15, 0.2) is 11.0 Å². The highest BCUT2D eigenvalue weighted by Gasteiger charge is 2.57. The Labute approximate surface area is 194 Å². The molecule has 4 rings (SSSR count). The van der Waals surface area contributed by atoms with Crippen molar-refractivity contribution in [3.63, 3.8) is 0 Å². The number of rotatable bonds is 8. The van der Waals surface area contributed by atoms with E-state index in [1.54, 1.807) is 29.3 Å². The minimum atomic E-state index is -4.28. The van der Waals surface area contributed by atoms with Crippen LogP contribution in [0.3, 0.4) is 0 Å². The van der Waals surface area contributed by atoms with Crippen molar-refractivity contribution in [1.29, 1.82) is 0 Å². The van der Waals surface area contributed by atoms with Gasteiger partial charge in [-0.15, -0.1) is 10.2 Å². The van der Waals surface area contributed by atoms with Crippen molar-refractivity contribution in [1.82, 2.24) is 19.7 Å². The lowest BCUT2D eigenvalue weighted by atomic mass is 9.97. The molecule has 1 aromatic heterocycles. The van der Waals surface area contributed by atoms with E-state index in [0.717, 1.165) is 67.3 Å². The SMILES string of the molecule is Cn1c(SCCCN2CCC3(CC3c3ccc(C(F)(F)F)cc3)C2)nnc1/C(N)=C/SN. The number of nitrogens with two attached hydrogens (primary N) is 2. The summed E-state index contributed by atoms with van der Waals surface area (Å²) in [7, 11) is 1.89. The lowest BCUT2D eigenvalue weighted by Gasteiger charge is -2.16. The summed E-state index contributed by atoms with van der Waals surface area (Å²) in [6, 6.07) is 5.73. The van der Waals surface area contributed by atoms with Crippen LogP contribution in [0.15, 0.2) is 34.8 Å². The van der Waals surface area contributed by atoms with E-state index in [4.69, 9.17) is 10.9 Å². The maximum atomic E-state index is 12.8. The van der Waals surface area contributed by atoms with E-state index >= 15 is 0 Å². The van der Waals surface area contributed by atoms with Crippen LogP contribution in [0.4, 0.5) is 13.2 Å². The fourth-order valence-electron chi connectivity index (χ4n) is 4.62. The zero-order chi connectivity index (χ0) is 22.9. The Morgan fingerprint density at radius 3 is 2.72 bits per heavy atom. The minimum absolute atomic E-state index is 0.246. The van der Waals surface area contributed by atoms with Gasteiger partial charge in [0.1, 0.15) is 0 Å². The Morgan fingerprint density at radius 1 is 1.28 bits per heavy atom. The molecule has 32 heavy (non-hydrogen) atoms. The van der Waals surface area contributed by atoms with Crippen LogP contribution >= 0.6 is 23.7 Å². The number of aromatic nitrogens is 3. The summed E-state index contributed by atoms with van der Waals surface area (Å²) in [5.74, 6) is 1.91. The molecule has 1 aromatic carbocycles. The molecule has 0 bridgehead atoms. The molecule has 174 valence electrons. The standard InChI is InChI=1S/C21H27F3N6S2/c1-29-18(17(25)12-32-26)27-28-19(29)31-10-2-8-30-9-7-20(13-30)11-16(20)14-3-5-15(6-4-14)21(22,23)24/h3-6,12,16H,2,7-11,13,25-26H2,1H3/b17-12-. The van der Waals surface area contributed by atoms with Crippen molar-refractivity contribution in [3.05, 3.63) is 46.6 Å². The van der Waals surface area contributed by atoms with Crippen molar-refractivity contribution in [3.8, 4) is 0 Å². The molecular weight excluding hydrogens is 457 g/mol. The van der Waals surface area contributed by atoms with Crippen LogP contribution in [-0.4, -0.2) is 45.1 Å². The number of nitrogens with zero attached hydrogens (tertiary/aromatic N) is 4. The Kier molecular flexibility index (Phi) is 6.81. The monoisotopic (exact) mass is 484 g/mol. The van der Waals surface area contributed by atoms with Crippen LogP contribution < -0.4 is 10.9 Å². The first-order valence-electron chi connectivity index (χ1n) is 10.5. The third kappa shape index (κ3) is 4.95. The molecule has 2 heterocycles. The third-order valence-corrected chi connectivity index (χ3v) is 7.93. The molecule has 1 saturated carbocycles. The van der Waals surface area contributed by atoms with Crippen LogP contribution in [0, 0.1) is 5.41 Å². The number of likely N-dealkylation sites (tertiary alicyclic amines) is 1. The predicted molar refractivity (Wildman–Crippen MR) is 123 cm³/mol. The maximum absolute atomic E-state index is 12.8. The van der Waals surface area contributed by atoms with Gasteiger partial charge in [0, 0.05) is 24.8 Å². The van der Waals surface area contributed by atoms with Crippen molar-refractivity contribution < 1.29 is 13.2 Å². The molecule has 4 N–H and O–H groups in total. The molecule has 0 radical (unpaired) electrons. The minimum Gasteiger partial charge on any atom is -0.395 e. The summed E-state index contributed by atoms with van der Waals surface area (Å²) in [4.78, 5) is 2.48. The van der Waals surface area contributed by atoms with E-state index in [1.807, 2.05) is 11.6 Å². The first-order valence-corrected chi connectivity index (χ1v) is 12.4. The topological polar surface area (TPSA) is 86.0 Å². The molecule has 2 atom stereocenters. The number of hydrogen-bond donors (Lipinski definition) is 2. The number of alkyl halides is 3. The Hall–Kier alpha value is -1.69. The van der Waals surface area contributed by atoms with Crippen LogP contribution in [-0.2, 0) is 13.2 Å². The van der Waals surface area contributed by atoms with Gasteiger partial charge in [0.05, 0.1) is 11.3 Å². The predicted octanol–water partition coefficient (Wildman–Crippen LogP) is 4.06. The Morgan fingerprint density at radius 2 is 2.03 bits per heavy atom. The number of thioether (sulfide) groups is 1. The van der Waals surface area contributed by atoms with Crippen molar-refractivity contribution in [2.75, 3.05) is 25.4 Å². The van der Waals surface area contributed by atoms with Crippen molar-refractivity contribution in [2.45, 2.75) is 36.5 Å². The van der Waals surface area contributed by atoms with Gasteiger partial charge in [-0.1, -0.05) is 35.8 Å².